The van der Waals surface area contributed by atoms with E-state index in [1.54, 1.807) is 5.38 Å². The minimum atomic E-state index is -0.0620. The molecule has 0 saturated carbocycles. The molecule has 0 N–H and O–H groups in total. The Bertz CT molecular complexity index is 816. The first kappa shape index (κ1) is 17.8. The third kappa shape index (κ3) is 4.23. The van der Waals surface area contributed by atoms with E-state index in [2.05, 4.69) is 58.1 Å². The second-order valence-corrected chi connectivity index (χ2v) is 7.25. The number of hydrogen-bond acceptors (Lipinski definition) is 5. The summed E-state index contributed by atoms with van der Waals surface area (Å²) in [6.45, 7) is 1.71. The van der Waals surface area contributed by atoms with Crippen LogP contribution in [0.3, 0.4) is 0 Å². The zero-order chi connectivity index (χ0) is 18.5. The van der Waals surface area contributed by atoms with Crippen LogP contribution in [0.5, 0.6) is 0 Å². The number of carbonyl (C=O) groups is 1. The zero-order valence-electron chi connectivity index (χ0n) is 14.9. The lowest BCUT2D eigenvalue weighted by atomic mass is 9.86. The first-order valence-corrected chi connectivity index (χ1v) is 9.93. The Labute approximate surface area is 162 Å². The van der Waals surface area contributed by atoms with Crippen LogP contribution in [0.2, 0.25) is 0 Å². The van der Waals surface area contributed by atoms with Crippen molar-refractivity contribution in [3.8, 4) is 0 Å². The lowest BCUT2D eigenvalue weighted by Crippen LogP contribution is -2.46. The predicted molar refractivity (Wildman–Crippen MR) is 105 cm³/mol. The number of benzene rings is 2. The molecule has 1 saturated heterocycles. The molecular weight excluding hydrogens is 358 g/mol. The smallest absolute Gasteiger partial charge is 0.275 e. The largest absolute Gasteiger partial charge is 0.375 e. The molecule has 1 atom stereocenters. The number of aromatic nitrogens is 2. The van der Waals surface area contributed by atoms with E-state index in [1.165, 1.54) is 22.7 Å². The summed E-state index contributed by atoms with van der Waals surface area (Å²) in [5.74, 6) is 0.168. The highest BCUT2D eigenvalue weighted by Gasteiger charge is 2.29. The molecule has 0 radical (unpaired) electrons. The highest BCUT2D eigenvalue weighted by Crippen LogP contribution is 2.31. The Kier molecular flexibility index (Phi) is 5.55. The van der Waals surface area contributed by atoms with Gasteiger partial charge in [-0.3, -0.25) is 4.79 Å². The summed E-state index contributed by atoms with van der Waals surface area (Å²) in [5, 5.41) is 5.61. The van der Waals surface area contributed by atoms with Crippen LogP contribution >= 0.6 is 11.5 Å². The van der Waals surface area contributed by atoms with Gasteiger partial charge in [-0.2, -0.15) is 0 Å². The standard InChI is InChI=1S/C21H21N3O2S/c25-21(20-15-27-23-22-20)24-11-12-26-18(14-24)13-19(16-7-3-1-4-8-16)17-9-5-2-6-10-17/h1-10,15,18-19H,11-14H2/t18-/m1/s1. The van der Waals surface area contributed by atoms with Gasteiger partial charge in [-0.25, -0.2) is 0 Å². The normalized spacial score (nSPS) is 17.2. The van der Waals surface area contributed by atoms with Crippen molar-refractivity contribution in [3.05, 3.63) is 82.9 Å². The maximum Gasteiger partial charge on any atom is 0.275 e. The van der Waals surface area contributed by atoms with Crippen molar-refractivity contribution in [2.45, 2.75) is 18.4 Å². The average Bonchev–Trinajstić information content (AvgIpc) is 3.28. The van der Waals surface area contributed by atoms with Crippen molar-refractivity contribution in [1.82, 2.24) is 14.5 Å². The van der Waals surface area contributed by atoms with Gasteiger partial charge in [-0.1, -0.05) is 65.2 Å². The second-order valence-electron chi connectivity index (χ2n) is 6.64. The van der Waals surface area contributed by atoms with Gasteiger partial charge in [0.2, 0.25) is 0 Å². The highest BCUT2D eigenvalue weighted by atomic mass is 32.1. The van der Waals surface area contributed by atoms with E-state index < -0.39 is 0 Å². The Hall–Kier alpha value is -2.57. The molecule has 6 heteroatoms. The Balaban J connectivity index is 1.52. The summed E-state index contributed by atoms with van der Waals surface area (Å²) in [4.78, 5) is 14.4. The fourth-order valence-electron chi connectivity index (χ4n) is 3.56. The van der Waals surface area contributed by atoms with Gasteiger partial charge in [0.15, 0.2) is 5.69 Å². The van der Waals surface area contributed by atoms with Gasteiger partial charge in [0.1, 0.15) is 0 Å². The van der Waals surface area contributed by atoms with Gasteiger partial charge in [0, 0.05) is 24.4 Å². The van der Waals surface area contributed by atoms with Crippen LogP contribution in [0, 0.1) is 0 Å². The van der Waals surface area contributed by atoms with Gasteiger partial charge >= 0.3 is 0 Å². The molecule has 5 nitrogen and oxygen atoms in total. The summed E-state index contributed by atoms with van der Waals surface area (Å²) in [6.07, 6.45) is 0.812. The average molecular weight is 379 g/mol. The molecule has 2 aromatic carbocycles. The number of hydrogen-bond donors (Lipinski definition) is 0. The maximum atomic E-state index is 12.6. The molecule has 0 aliphatic carbocycles. The van der Waals surface area contributed by atoms with Crippen LogP contribution in [0.15, 0.2) is 66.0 Å². The van der Waals surface area contributed by atoms with Crippen molar-refractivity contribution < 1.29 is 9.53 Å². The molecular formula is C21H21N3O2S. The van der Waals surface area contributed by atoms with Gasteiger partial charge in [0.25, 0.3) is 5.91 Å². The molecule has 27 heavy (non-hydrogen) atoms. The topological polar surface area (TPSA) is 55.3 Å². The number of ether oxygens (including phenoxy) is 1. The number of carbonyl (C=O) groups excluding carboxylic acids is 1. The molecule has 1 amide bonds. The van der Waals surface area contributed by atoms with Crippen LogP contribution in [0.1, 0.15) is 34.0 Å². The minimum absolute atomic E-state index is 0.0142. The number of morpholine rings is 1. The maximum absolute atomic E-state index is 12.6. The number of amides is 1. The van der Waals surface area contributed by atoms with E-state index in [0.29, 0.717) is 25.4 Å². The fraction of sp³-hybridized carbons (Fsp3) is 0.286. The third-order valence-corrected chi connectivity index (χ3v) is 5.41. The summed E-state index contributed by atoms with van der Waals surface area (Å²) < 4.78 is 9.82. The molecule has 138 valence electrons. The van der Waals surface area contributed by atoms with Gasteiger partial charge in [0.05, 0.1) is 12.7 Å². The van der Waals surface area contributed by atoms with E-state index in [4.69, 9.17) is 4.74 Å². The van der Waals surface area contributed by atoms with E-state index >= 15 is 0 Å². The molecule has 0 unspecified atom stereocenters. The summed E-state index contributed by atoms with van der Waals surface area (Å²) in [7, 11) is 0. The first-order chi connectivity index (χ1) is 13.3. The molecule has 4 rings (SSSR count). The summed E-state index contributed by atoms with van der Waals surface area (Å²) in [5.41, 5.74) is 2.95. The molecule has 3 aromatic rings. The highest BCUT2D eigenvalue weighted by molar-refractivity contribution is 7.03. The molecule has 1 aromatic heterocycles. The molecule has 0 spiro atoms. The lowest BCUT2D eigenvalue weighted by molar-refractivity contribution is -0.0266. The molecule has 1 fully saturated rings. The van der Waals surface area contributed by atoms with Crippen LogP contribution in [-0.2, 0) is 4.74 Å². The zero-order valence-corrected chi connectivity index (χ0v) is 15.7. The first-order valence-electron chi connectivity index (χ1n) is 9.09. The van der Waals surface area contributed by atoms with Gasteiger partial charge in [-0.15, -0.1) is 5.10 Å². The van der Waals surface area contributed by atoms with Crippen molar-refractivity contribution in [2.24, 2.45) is 0 Å². The van der Waals surface area contributed by atoms with Gasteiger partial charge < -0.3 is 9.64 Å². The van der Waals surface area contributed by atoms with E-state index in [9.17, 15) is 4.79 Å². The van der Waals surface area contributed by atoms with Crippen molar-refractivity contribution in [2.75, 3.05) is 19.7 Å². The summed E-state index contributed by atoms with van der Waals surface area (Å²) >= 11 is 1.20. The van der Waals surface area contributed by atoms with Crippen molar-refractivity contribution in [1.29, 1.82) is 0 Å². The number of nitrogens with zero attached hydrogens (tertiary/aromatic N) is 3. The van der Waals surface area contributed by atoms with Crippen LogP contribution in [0.25, 0.3) is 0 Å². The monoisotopic (exact) mass is 379 g/mol. The predicted octanol–water partition coefficient (Wildman–Crippen LogP) is 3.60. The van der Waals surface area contributed by atoms with E-state index in [-0.39, 0.29) is 17.9 Å². The van der Waals surface area contributed by atoms with Crippen LogP contribution in [-0.4, -0.2) is 46.2 Å². The molecule has 2 heterocycles. The van der Waals surface area contributed by atoms with Crippen molar-refractivity contribution >= 4 is 17.4 Å². The van der Waals surface area contributed by atoms with E-state index in [0.717, 1.165) is 6.42 Å². The Morgan fingerprint density at radius 2 is 1.78 bits per heavy atom. The van der Waals surface area contributed by atoms with Crippen molar-refractivity contribution in [3.63, 3.8) is 0 Å². The number of rotatable bonds is 5. The lowest BCUT2D eigenvalue weighted by Gasteiger charge is -2.34. The Morgan fingerprint density at radius 1 is 1.11 bits per heavy atom. The molecule has 1 aliphatic rings. The molecule has 1 aliphatic heterocycles. The second kappa shape index (κ2) is 8.41. The van der Waals surface area contributed by atoms with Crippen LogP contribution in [0.4, 0.5) is 0 Å². The van der Waals surface area contributed by atoms with E-state index in [1.807, 2.05) is 17.0 Å². The van der Waals surface area contributed by atoms with Crippen LogP contribution < -0.4 is 0 Å². The third-order valence-electron chi connectivity index (χ3n) is 4.91. The SMILES string of the molecule is O=C(c1csnn1)N1CCO[C@H](CC(c2ccccc2)c2ccccc2)C1. The Morgan fingerprint density at radius 3 is 2.37 bits per heavy atom. The quantitative estimate of drug-likeness (QED) is 0.680. The van der Waals surface area contributed by atoms with Gasteiger partial charge in [-0.05, 0) is 29.1 Å². The summed E-state index contributed by atoms with van der Waals surface area (Å²) in [6, 6.07) is 21.0. The molecule has 0 bridgehead atoms. The minimum Gasteiger partial charge on any atom is -0.375 e. The fourth-order valence-corrected chi connectivity index (χ4v) is 3.99.